The van der Waals surface area contributed by atoms with Crippen LogP contribution in [-0.2, 0) is 22.4 Å². The molecule has 2 amide bonds. The molecule has 0 aliphatic heterocycles. The Morgan fingerprint density at radius 2 is 2.03 bits per heavy atom. The summed E-state index contributed by atoms with van der Waals surface area (Å²) in [7, 11) is 0. The van der Waals surface area contributed by atoms with E-state index in [4.69, 9.17) is 10.5 Å². The molecule has 0 unspecified atom stereocenters. The number of aryl methyl sites for hydroxylation is 1. The summed E-state index contributed by atoms with van der Waals surface area (Å²) in [6.07, 6.45) is 3.71. The maximum Gasteiger partial charge on any atom is 0.358 e. The van der Waals surface area contributed by atoms with Crippen LogP contribution in [0.5, 0.6) is 0 Å². The first-order chi connectivity index (χ1) is 14.0. The number of hydrogen-bond donors (Lipinski definition) is 2. The molecular weight excluding hydrogens is 430 g/mol. The molecule has 10 heteroatoms. The standard InChI is InChI=1S/C19H17N3O4S3/c20-16(24)15-10-4-1-2-5-12(10)29-18(15)22-14(23)8-26-19(25)11-9-28-17(21-11)13-6-3-7-27-13/h3,6-7,9H,1-2,4-5,8H2,(H2,20,24)(H,22,23). The molecule has 0 saturated carbocycles. The number of thiophene rings is 2. The highest BCUT2D eigenvalue weighted by Gasteiger charge is 2.25. The summed E-state index contributed by atoms with van der Waals surface area (Å²) >= 11 is 4.24. The SMILES string of the molecule is NC(=O)c1c(NC(=O)COC(=O)c2csc(-c3cccs3)n2)sc2c1CCCC2. The molecular formula is C19H17N3O4S3. The number of ether oxygens (including phenoxy) is 1. The topological polar surface area (TPSA) is 111 Å². The van der Waals surface area contributed by atoms with Gasteiger partial charge in [0.05, 0.1) is 10.4 Å². The molecule has 0 atom stereocenters. The molecule has 0 spiro atoms. The van der Waals surface area contributed by atoms with Gasteiger partial charge in [0.1, 0.15) is 10.0 Å². The van der Waals surface area contributed by atoms with Gasteiger partial charge in [-0.25, -0.2) is 9.78 Å². The molecule has 0 saturated heterocycles. The first-order valence-electron chi connectivity index (χ1n) is 8.93. The quantitative estimate of drug-likeness (QED) is 0.560. The molecule has 150 valence electrons. The lowest BCUT2D eigenvalue weighted by Crippen LogP contribution is -2.23. The third kappa shape index (κ3) is 4.24. The highest BCUT2D eigenvalue weighted by atomic mass is 32.1. The van der Waals surface area contributed by atoms with E-state index in [1.807, 2.05) is 17.5 Å². The van der Waals surface area contributed by atoms with E-state index in [0.29, 0.717) is 10.6 Å². The lowest BCUT2D eigenvalue weighted by atomic mass is 9.95. The minimum atomic E-state index is -0.667. The van der Waals surface area contributed by atoms with Crippen LogP contribution >= 0.6 is 34.0 Å². The summed E-state index contributed by atoms with van der Waals surface area (Å²) < 4.78 is 5.08. The van der Waals surface area contributed by atoms with Gasteiger partial charge in [0.2, 0.25) is 0 Å². The van der Waals surface area contributed by atoms with Crippen LogP contribution in [0.3, 0.4) is 0 Å². The van der Waals surface area contributed by atoms with Gasteiger partial charge in [0.15, 0.2) is 12.3 Å². The molecule has 0 radical (unpaired) electrons. The number of esters is 1. The predicted octanol–water partition coefficient (Wildman–Crippen LogP) is 3.71. The molecule has 7 nitrogen and oxygen atoms in total. The number of nitrogens with one attached hydrogen (secondary N) is 1. The van der Waals surface area contributed by atoms with Crippen LogP contribution in [0.15, 0.2) is 22.9 Å². The number of primary amides is 1. The third-order valence-electron chi connectivity index (χ3n) is 4.45. The molecule has 0 fully saturated rings. The van der Waals surface area contributed by atoms with E-state index in [2.05, 4.69) is 10.3 Å². The first-order valence-corrected chi connectivity index (χ1v) is 11.5. The number of nitrogens with zero attached hydrogens (tertiary/aromatic N) is 1. The average Bonchev–Trinajstić information content (AvgIpc) is 3.44. The zero-order valence-electron chi connectivity index (χ0n) is 15.2. The molecule has 1 aliphatic rings. The first kappa shape index (κ1) is 19.7. The van der Waals surface area contributed by atoms with Crippen LogP contribution < -0.4 is 11.1 Å². The smallest absolute Gasteiger partial charge is 0.358 e. The molecule has 0 bridgehead atoms. The van der Waals surface area contributed by atoms with E-state index in [9.17, 15) is 14.4 Å². The van der Waals surface area contributed by atoms with Crippen molar-refractivity contribution in [3.63, 3.8) is 0 Å². The van der Waals surface area contributed by atoms with Gasteiger partial charge in [-0.1, -0.05) is 6.07 Å². The number of amides is 2. The second-order valence-electron chi connectivity index (χ2n) is 6.42. The number of nitrogens with two attached hydrogens (primary N) is 1. The number of anilines is 1. The minimum absolute atomic E-state index is 0.163. The Morgan fingerprint density at radius 3 is 2.79 bits per heavy atom. The fourth-order valence-electron chi connectivity index (χ4n) is 3.16. The van der Waals surface area contributed by atoms with Crippen LogP contribution in [0.2, 0.25) is 0 Å². The van der Waals surface area contributed by atoms with Crippen LogP contribution in [-0.4, -0.2) is 29.4 Å². The second-order valence-corrected chi connectivity index (χ2v) is 9.33. The fraction of sp³-hybridized carbons (Fsp3) is 0.263. The van der Waals surface area contributed by atoms with Gasteiger partial charge in [-0.05, 0) is 42.7 Å². The molecule has 1 aliphatic carbocycles. The molecule has 3 aromatic heterocycles. The van der Waals surface area contributed by atoms with Crippen molar-refractivity contribution < 1.29 is 19.1 Å². The van der Waals surface area contributed by atoms with Gasteiger partial charge < -0.3 is 15.8 Å². The van der Waals surface area contributed by atoms with E-state index >= 15 is 0 Å². The Morgan fingerprint density at radius 1 is 1.21 bits per heavy atom. The van der Waals surface area contributed by atoms with Gasteiger partial charge in [-0.3, -0.25) is 9.59 Å². The molecule has 29 heavy (non-hydrogen) atoms. The fourth-order valence-corrected chi connectivity index (χ4v) is 6.08. The van der Waals surface area contributed by atoms with E-state index in [0.717, 1.165) is 46.0 Å². The van der Waals surface area contributed by atoms with E-state index in [-0.39, 0.29) is 5.69 Å². The molecule has 0 aromatic carbocycles. The van der Waals surface area contributed by atoms with Gasteiger partial charge in [-0.15, -0.1) is 34.0 Å². The highest BCUT2D eigenvalue weighted by Crippen LogP contribution is 2.37. The van der Waals surface area contributed by atoms with Crippen LogP contribution in [0, 0.1) is 0 Å². The monoisotopic (exact) mass is 447 g/mol. The van der Waals surface area contributed by atoms with E-state index < -0.39 is 24.4 Å². The summed E-state index contributed by atoms with van der Waals surface area (Å²) in [5.74, 6) is -1.74. The van der Waals surface area contributed by atoms with E-state index in [1.54, 1.807) is 5.38 Å². The number of hydrogen-bond acceptors (Lipinski definition) is 8. The van der Waals surface area contributed by atoms with Crippen molar-refractivity contribution in [1.82, 2.24) is 4.98 Å². The number of carbonyl (C=O) groups is 3. The summed E-state index contributed by atoms with van der Waals surface area (Å²) in [6.45, 7) is -0.467. The lowest BCUT2D eigenvalue weighted by Gasteiger charge is -2.11. The van der Waals surface area contributed by atoms with Crippen molar-refractivity contribution in [2.75, 3.05) is 11.9 Å². The Hall–Kier alpha value is -2.56. The Bertz CT molecular complexity index is 1070. The van der Waals surface area contributed by atoms with Crippen molar-refractivity contribution in [1.29, 1.82) is 0 Å². The summed E-state index contributed by atoms with van der Waals surface area (Å²) in [4.78, 5) is 42.7. The Labute approximate surface area is 178 Å². The van der Waals surface area contributed by atoms with Gasteiger partial charge in [0.25, 0.3) is 11.8 Å². The number of fused-ring (bicyclic) bond motifs is 1. The average molecular weight is 448 g/mol. The van der Waals surface area contributed by atoms with Gasteiger partial charge >= 0.3 is 5.97 Å². The molecule has 3 heterocycles. The van der Waals surface area contributed by atoms with E-state index in [1.165, 1.54) is 34.0 Å². The predicted molar refractivity (Wildman–Crippen MR) is 114 cm³/mol. The largest absolute Gasteiger partial charge is 0.451 e. The molecule has 3 aromatic rings. The van der Waals surface area contributed by atoms with Crippen molar-refractivity contribution in [3.05, 3.63) is 44.6 Å². The normalized spacial score (nSPS) is 13.0. The van der Waals surface area contributed by atoms with Gasteiger partial charge in [-0.2, -0.15) is 0 Å². The van der Waals surface area contributed by atoms with Crippen molar-refractivity contribution >= 4 is 56.8 Å². The molecule has 3 N–H and O–H groups in total. The van der Waals surface area contributed by atoms with Crippen LogP contribution in [0.4, 0.5) is 5.00 Å². The third-order valence-corrected chi connectivity index (χ3v) is 7.54. The van der Waals surface area contributed by atoms with Crippen molar-refractivity contribution in [2.24, 2.45) is 5.73 Å². The van der Waals surface area contributed by atoms with Crippen LogP contribution in [0.25, 0.3) is 9.88 Å². The minimum Gasteiger partial charge on any atom is -0.451 e. The zero-order valence-corrected chi connectivity index (χ0v) is 17.7. The van der Waals surface area contributed by atoms with Crippen molar-refractivity contribution in [2.45, 2.75) is 25.7 Å². The number of carbonyl (C=O) groups excluding carboxylic acids is 3. The van der Waals surface area contributed by atoms with Gasteiger partial charge in [0, 0.05) is 10.3 Å². The molecule has 4 rings (SSSR count). The summed E-state index contributed by atoms with van der Waals surface area (Å²) in [6, 6.07) is 3.83. The second kappa shape index (κ2) is 8.44. The maximum atomic E-state index is 12.3. The zero-order chi connectivity index (χ0) is 20.4. The summed E-state index contributed by atoms with van der Waals surface area (Å²) in [5.41, 5.74) is 7.00. The lowest BCUT2D eigenvalue weighted by molar-refractivity contribution is -0.119. The highest BCUT2D eigenvalue weighted by molar-refractivity contribution is 7.20. The maximum absolute atomic E-state index is 12.3. The van der Waals surface area contributed by atoms with Crippen molar-refractivity contribution in [3.8, 4) is 9.88 Å². The number of thiazole rings is 1. The number of rotatable bonds is 6. The Kier molecular flexibility index (Phi) is 5.74. The van der Waals surface area contributed by atoms with Crippen LogP contribution in [0.1, 0.15) is 44.1 Å². The summed E-state index contributed by atoms with van der Waals surface area (Å²) in [5, 5.41) is 7.36. The number of aromatic nitrogens is 1. The Balaban J connectivity index is 1.39.